The number of halogens is 1. The second-order valence-corrected chi connectivity index (χ2v) is 4.14. The van der Waals surface area contributed by atoms with Crippen LogP contribution in [-0.2, 0) is 11.4 Å². The van der Waals surface area contributed by atoms with Gasteiger partial charge < -0.3 is 9.84 Å². The minimum Gasteiger partial charge on any atom is -0.486 e. The number of carbonyl (C=O) groups is 1. The van der Waals surface area contributed by atoms with Crippen LogP contribution in [0.3, 0.4) is 0 Å². The summed E-state index contributed by atoms with van der Waals surface area (Å²) in [6, 6.07) is 13.4. The van der Waals surface area contributed by atoms with E-state index >= 15 is 0 Å². The summed E-state index contributed by atoms with van der Waals surface area (Å²) in [7, 11) is 0. The Morgan fingerprint density at radius 2 is 2.00 bits per heavy atom. The Balaban J connectivity index is 2.05. The van der Waals surface area contributed by atoms with Gasteiger partial charge in [0.15, 0.2) is 11.6 Å². The molecule has 0 aliphatic carbocycles. The van der Waals surface area contributed by atoms with Gasteiger partial charge >= 0.3 is 5.97 Å². The maximum absolute atomic E-state index is 13.4. The molecule has 0 fully saturated rings. The smallest absolute Gasteiger partial charge is 0.328 e. The minimum atomic E-state index is -1.00. The number of ether oxygens (including phenoxy) is 1. The summed E-state index contributed by atoms with van der Waals surface area (Å²) in [5.74, 6) is -1.22. The average Bonchev–Trinajstić information content (AvgIpc) is 2.45. The van der Waals surface area contributed by atoms with Crippen molar-refractivity contribution in [3.05, 3.63) is 71.6 Å². The van der Waals surface area contributed by atoms with Crippen molar-refractivity contribution < 1.29 is 19.0 Å². The summed E-state index contributed by atoms with van der Waals surface area (Å²) in [5, 5.41) is 8.57. The van der Waals surface area contributed by atoms with Gasteiger partial charge in [0, 0.05) is 6.08 Å². The second-order valence-electron chi connectivity index (χ2n) is 4.14. The number of benzene rings is 2. The lowest BCUT2D eigenvalue weighted by molar-refractivity contribution is -0.131. The molecule has 20 heavy (non-hydrogen) atoms. The van der Waals surface area contributed by atoms with E-state index in [-0.39, 0.29) is 12.4 Å². The monoisotopic (exact) mass is 272 g/mol. The molecule has 2 aromatic rings. The van der Waals surface area contributed by atoms with Gasteiger partial charge in [-0.3, -0.25) is 0 Å². The number of hydrogen-bond donors (Lipinski definition) is 1. The zero-order valence-corrected chi connectivity index (χ0v) is 10.6. The van der Waals surface area contributed by atoms with Crippen LogP contribution in [0, 0.1) is 5.82 Å². The van der Waals surface area contributed by atoms with Crippen molar-refractivity contribution in [1.29, 1.82) is 0 Å². The molecule has 0 heterocycles. The Morgan fingerprint density at radius 3 is 2.75 bits per heavy atom. The molecule has 0 bridgehead atoms. The molecule has 2 aromatic carbocycles. The molecule has 0 atom stereocenters. The van der Waals surface area contributed by atoms with Crippen LogP contribution in [0.5, 0.6) is 5.75 Å². The first-order chi connectivity index (χ1) is 9.65. The van der Waals surface area contributed by atoms with Crippen LogP contribution in [0.1, 0.15) is 11.1 Å². The number of carboxylic acids is 1. The molecule has 0 aliphatic heterocycles. The van der Waals surface area contributed by atoms with Gasteiger partial charge in [-0.15, -0.1) is 0 Å². The van der Waals surface area contributed by atoms with Crippen molar-refractivity contribution >= 4 is 12.0 Å². The third-order valence-electron chi connectivity index (χ3n) is 2.60. The fraction of sp³-hybridized carbons (Fsp3) is 0.0625. The van der Waals surface area contributed by atoms with Gasteiger partial charge in [-0.05, 0) is 35.4 Å². The fourth-order valence-corrected chi connectivity index (χ4v) is 1.68. The molecule has 0 aromatic heterocycles. The maximum atomic E-state index is 13.4. The predicted octanol–water partition coefficient (Wildman–Crippen LogP) is 3.50. The van der Waals surface area contributed by atoms with E-state index in [0.717, 1.165) is 17.2 Å². The van der Waals surface area contributed by atoms with E-state index < -0.39 is 11.8 Å². The lowest BCUT2D eigenvalue weighted by atomic mass is 10.1. The zero-order valence-electron chi connectivity index (χ0n) is 10.6. The minimum absolute atomic E-state index is 0.194. The largest absolute Gasteiger partial charge is 0.486 e. The summed E-state index contributed by atoms with van der Waals surface area (Å²) >= 11 is 0. The van der Waals surface area contributed by atoms with E-state index in [0.29, 0.717) is 0 Å². The van der Waals surface area contributed by atoms with Crippen LogP contribution in [0.4, 0.5) is 4.39 Å². The average molecular weight is 272 g/mol. The lowest BCUT2D eigenvalue weighted by Gasteiger charge is -2.07. The molecule has 0 unspecified atom stereocenters. The van der Waals surface area contributed by atoms with E-state index in [2.05, 4.69) is 0 Å². The Hall–Kier alpha value is -2.62. The molecule has 3 nitrogen and oxygen atoms in total. The predicted molar refractivity (Wildman–Crippen MR) is 73.8 cm³/mol. The van der Waals surface area contributed by atoms with Crippen LogP contribution < -0.4 is 4.74 Å². The van der Waals surface area contributed by atoms with Gasteiger partial charge in [0.25, 0.3) is 0 Å². The number of aliphatic carboxylic acids is 1. The first kappa shape index (κ1) is 13.8. The molecule has 2 rings (SSSR count). The van der Waals surface area contributed by atoms with E-state index in [1.165, 1.54) is 12.1 Å². The normalized spacial score (nSPS) is 10.7. The highest BCUT2D eigenvalue weighted by molar-refractivity contribution is 5.85. The van der Waals surface area contributed by atoms with Crippen molar-refractivity contribution in [3.63, 3.8) is 0 Å². The number of para-hydroxylation sites is 1. The van der Waals surface area contributed by atoms with Crippen LogP contribution >= 0.6 is 0 Å². The van der Waals surface area contributed by atoms with Crippen molar-refractivity contribution in [2.24, 2.45) is 0 Å². The summed E-state index contributed by atoms with van der Waals surface area (Å²) in [5.41, 5.74) is 1.59. The Bertz CT molecular complexity index is 635. The highest BCUT2D eigenvalue weighted by Gasteiger charge is 2.02. The molecular weight excluding hydrogens is 259 g/mol. The van der Waals surface area contributed by atoms with Gasteiger partial charge in [0.2, 0.25) is 0 Å². The summed E-state index contributed by atoms with van der Waals surface area (Å²) < 4.78 is 18.8. The fourth-order valence-electron chi connectivity index (χ4n) is 1.68. The lowest BCUT2D eigenvalue weighted by Crippen LogP contribution is -1.97. The highest BCUT2D eigenvalue weighted by Crippen LogP contribution is 2.17. The molecule has 1 N–H and O–H groups in total. The van der Waals surface area contributed by atoms with Gasteiger partial charge in [-0.25, -0.2) is 9.18 Å². The maximum Gasteiger partial charge on any atom is 0.328 e. The van der Waals surface area contributed by atoms with Crippen molar-refractivity contribution in [2.75, 3.05) is 0 Å². The van der Waals surface area contributed by atoms with Crippen LogP contribution in [0.2, 0.25) is 0 Å². The van der Waals surface area contributed by atoms with E-state index in [1.807, 2.05) is 6.07 Å². The van der Waals surface area contributed by atoms with Crippen molar-refractivity contribution in [2.45, 2.75) is 6.61 Å². The van der Waals surface area contributed by atoms with Crippen molar-refractivity contribution in [1.82, 2.24) is 0 Å². The Kier molecular flexibility index (Phi) is 4.50. The van der Waals surface area contributed by atoms with Gasteiger partial charge in [-0.1, -0.05) is 30.3 Å². The van der Waals surface area contributed by atoms with Crippen LogP contribution in [0.25, 0.3) is 6.08 Å². The summed E-state index contributed by atoms with van der Waals surface area (Å²) in [4.78, 5) is 10.5. The first-order valence-corrected chi connectivity index (χ1v) is 6.02. The number of carboxylic acid groups (broad SMARTS) is 1. The number of rotatable bonds is 5. The Labute approximate surface area is 115 Å². The van der Waals surface area contributed by atoms with E-state index in [4.69, 9.17) is 9.84 Å². The van der Waals surface area contributed by atoms with Crippen LogP contribution in [-0.4, -0.2) is 11.1 Å². The third kappa shape index (κ3) is 3.95. The molecule has 102 valence electrons. The van der Waals surface area contributed by atoms with Crippen LogP contribution in [0.15, 0.2) is 54.6 Å². The SMILES string of the molecule is O=C(O)C=Cc1cccc(COc2ccccc2F)c1. The molecule has 0 saturated heterocycles. The van der Waals surface area contributed by atoms with E-state index in [1.54, 1.807) is 36.4 Å². The standard InChI is InChI=1S/C16H13FO3/c17-14-6-1-2-7-15(14)20-11-13-5-3-4-12(10-13)8-9-16(18)19/h1-10H,11H2,(H,18,19). The molecule has 0 aliphatic rings. The second kappa shape index (κ2) is 6.52. The van der Waals surface area contributed by atoms with Crippen molar-refractivity contribution in [3.8, 4) is 5.75 Å². The number of hydrogen-bond acceptors (Lipinski definition) is 2. The summed E-state index contributed by atoms with van der Waals surface area (Å²) in [6.07, 6.45) is 2.56. The molecule has 0 amide bonds. The van der Waals surface area contributed by atoms with Gasteiger partial charge in [0.05, 0.1) is 0 Å². The topological polar surface area (TPSA) is 46.5 Å². The van der Waals surface area contributed by atoms with Gasteiger partial charge in [-0.2, -0.15) is 0 Å². The quantitative estimate of drug-likeness (QED) is 0.847. The molecular formula is C16H13FO3. The molecule has 4 heteroatoms. The van der Waals surface area contributed by atoms with Gasteiger partial charge in [0.1, 0.15) is 6.61 Å². The molecule has 0 spiro atoms. The third-order valence-corrected chi connectivity index (χ3v) is 2.60. The Morgan fingerprint density at radius 1 is 1.20 bits per heavy atom. The summed E-state index contributed by atoms with van der Waals surface area (Å²) in [6.45, 7) is 0.218. The highest BCUT2D eigenvalue weighted by atomic mass is 19.1. The molecule has 0 radical (unpaired) electrons. The molecule has 0 saturated carbocycles. The van der Waals surface area contributed by atoms with E-state index in [9.17, 15) is 9.18 Å². The first-order valence-electron chi connectivity index (χ1n) is 6.02. The zero-order chi connectivity index (χ0) is 14.4.